The zero-order valence-electron chi connectivity index (χ0n) is 18.3. The number of nitrogens with one attached hydrogen (secondary N) is 1. The van der Waals surface area contributed by atoms with E-state index in [1.54, 1.807) is 18.9 Å². The van der Waals surface area contributed by atoms with Crippen LogP contribution in [0.4, 0.5) is 0 Å². The number of benzene rings is 3. The molecule has 0 spiro atoms. The summed E-state index contributed by atoms with van der Waals surface area (Å²) in [6, 6.07) is 24.8. The largest absolute Gasteiger partial charge is 0.497 e. The second-order valence-electron chi connectivity index (χ2n) is 7.28. The Kier molecular flexibility index (Phi) is 6.22. The lowest BCUT2D eigenvalue weighted by Crippen LogP contribution is -2.19. The van der Waals surface area contributed by atoms with E-state index in [-0.39, 0.29) is 5.56 Å². The molecule has 0 atom stereocenters. The van der Waals surface area contributed by atoms with Crippen LogP contribution in [0.5, 0.6) is 11.5 Å². The molecule has 1 N–H and O–H groups in total. The molecule has 0 aliphatic heterocycles. The number of nitrogens with zero attached hydrogens (tertiary/aromatic N) is 2. The molecule has 0 saturated heterocycles. The van der Waals surface area contributed by atoms with Gasteiger partial charge in [0, 0.05) is 16.8 Å². The molecular weight excluding hydrogens is 402 g/mol. The van der Waals surface area contributed by atoms with Crippen LogP contribution in [0.3, 0.4) is 0 Å². The number of rotatable bonds is 7. The Balaban J connectivity index is 1.81. The molecule has 1 aromatic heterocycles. The van der Waals surface area contributed by atoms with Gasteiger partial charge >= 0.3 is 0 Å². The number of para-hydroxylation sites is 2. The maximum atomic E-state index is 13.5. The van der Waals surface area contributed by atoms with Crippen molar-refractivity contribution in [1.29, 1.82) is 0 Å². The highest BCUT2D eigenvalue weighted by molar-refractivity contribution is 6.03. The lowest BCUT2D eigenvalue weighted by atomic mass is 10.0. The molecule has 32 heavy (non-hydrogen) atoms. The molecule has 0 aliphatic carbocycles. The van der Waals surface area contributed by atoms with Crippen molar-refractivity contribution in [3.05, 3.63) is 100 Å². The zero-order chi connectivity index (χ0) is 22.5. The number of hydrogen-bond acceptors (Lipinski definition) is 4. The minimum absolute atomic E-state index is 0.150. The quantitative estimate of drug-likeness (QED) is 0.428. The highest BCUT2D eigenvalue weighted by atomic mass is 16.5. The Labute approximate surface area is 186 Å². The molecule has 1 heterocycles. The van der Waals surface area contributed by atoms with E-state index in [2.05, 4.69) is 5.10 Å². The van der Waals surface area contributed by atoms with Crippen molar-refractivity contribution in [1.82, 2.24) is 9.78 Å². The van der Waals surface area contributed by atoms with Crippen molar-refractivity contribution in [2.45, 2.75) is 13.5 Å². The number of methoxy groups -OCH3 is 2. The van der Waals surface area contributed by atoms with Crippen LogP contribution >= 0.6 is 0 Å². The smallest absolute Gasteiger partial charge is 0.280 e. The first-order valence-corrected chi connectivity index (χ1v) is 10.3. The van der Waals surface area contributed by atoms with Gasteiger partial charge in [0.2, 0.25) is 0 Å². The highest BCUT2D eigenvalue weighted by Gasteiger charge is 2.19. The van der Waals surface area contributed by atoms with E-state index in [4.69, 9.17) is 14.5 Å². The number of H-pyrrole nitrogens is 1. The van der Waals surface area contributed by atoms with Crippen LogP contribution in [0.2, 0.25) is 0 Å². The number of aromatic amines is 1. The van der Waals surface area contributed by atoms with Gasteiger partial charge in [-0.3, -0.25) is 14.9 Å². The molecule has 4 aromatic rings. The van der Waals surface area contributed by atoms with E-state index in [0.29, 0.717) is 23.5 Å². The third kappa shape index (κ3) is 4.21. The van der Waals surface area contributed by atoms with E-state index >= 15 is 0 Å². The SMILES string of the molecule is COc1ccc(-c2[nH]n(-c3ccccc3)c(=O)c2C(C)=NCc2ccccc2OC)cc1. The Morgan fingerprint density at radius 3 is 2.28 bits per heavy atom. The molecule has 162 valence electrons. The summed E-state index contributed by atoms with van der Waals surface area (Å²) in [5.74, 6) is 1.52. The minimum atomic E-state index is -0.150. The Bertz CT molecular complexity index is 1290. The van der Waals surface area contributed by atoms with Gasteiger partial charge in [0.1, 0.15) is 11.5 Å². The third-order valence-electron chi connectivity index (χ3n) is 5.32. The molecule has 0 fully saturated rings. The summed E-state index contributed by atoms with van der Waals surface area (Å²) in [5.41, 5.74) is 4.34. The topological polar surface area (TPSA) is 68.6 Å². The van der Waals surface area contributed by atoms with Crippen LogP contribution in [0.25, 0.3) is 16.9 Å². The van der Waals surface area contributed by atoms with Crippen molar-refractivity contribution in [3.63, 3.8) is 0 Å². The first-order valence-electron chi connectivity index (χ1n) is 10.3. The second-order valence-corrected chi connectivity index (χ2v) is 7.28. The minimum Gasteiger partial charge on any atom is -0.497 e. The Morgan fingerprint density at radius 2 is 1.59 bits per heavy atom. The maximum Gasteiger partial charge on any atom is 0.280 e. The molecule has 0 amide bonds. The van der Waals surface area contributed by atoms with E-state index in [0.717, 1.165) is 28.3 Å². The lowest BCUT2D eigenvalue weighted by Gasteiger charge is -2.07. The van der Waals surface area contributed by atoms with Crippen molar-refractivity contribution >= 4 is 5.71 Å². The normalized spacial score (nSPS) is 11.4. The summed E-state index contributed by atoms with van der Waals surface area (Å²) < 4.78 is 12.3. The summed E-state index contributed by atoms with van der Waals surface area (Å²) in [5, 5.41) is 3.28. The van der Waals surface area contributed by atoms with Crippen molar-refractivity contribution in [3.8, 4) is 28.4 Å². The van der Waals surface area contributed by atoms with Crippen LogP contribution in [0, 0.1) is 0 Å². The van der Waals surface area contributed by atoms with Crippen LogP contribution in [-0.4, -0.2) is 29.7 Å². The molecule has 0 unspecified atom stereocenters. The predicted octanol–water partition coefficient (Wildman–Crippen LogP) is 4.86. The molecule has 0 radical (unpaired) electrons. The van der Waals surface area contributed by atoms with Gasteiger partial charge in [-0.25, -0.2) is 4.68 Å². The maximum absolute atomic E-state index is 13.5. The van der Waals surface area contributed by atoms with Crippen LogP contribution in [0.1, 0.15) is 18.1 Å². The number of ether oxygens (including phenoxy) is 2. The molecule has 0 saturated carbocycles. The van der Waals surface area contributed by atoms with Crippen LogP contribution in [-0.2, 0) is 6.54 Å². The van der Waals surface area contributed by atoms with Crippen molar-refractivity contribution in [2.75, 3.05) is 14.2 Å². The highest BCUT2D eigenvalue weighted by Crippen LogP contribution is 2.25. The Morgan fingerprint density at radius 1 is 0.906 bits per heavy atom. The third-order valence-corrected chi connectivity index (χ3v) is 5.32. The number of hydrogen-bond donors (Lipinski definition) is 1. The summed E-state index contributed by atoms with van der Waals surface area (Å²) >= 11 is 0. The molecule has 0 aliphatic rings. The van der Waals surface area contributed by atoms with Gasteiger partial charge in [0.05, 0.1) is 37.7 Å². The van der Waals surface area contributed by atoms with E-state index in [9.17, 15) is 4.79 Å². The standard InChI is InChI=1S/C26H25N3O3/c1-18(27-17-20-9-7-8-12-23(20)32-3)24-25(19-13-15-22(31-2)16-14-19)28-29(26(24)30)21-10-5-4-6-11-21/h4-16,28H,17H2,1-3H3. The summed E-state index contributed by atoms with van der Waals surface area (Å²) in [6.45, 7) is 2.27. The number of aliphatic imine (C=N–C) groups is 1. The first kappa shape index (κ1) is 21.2. The zero-order valence-corrected chi connectivity index (χ0v) is 18.3. The van der Waals surface area contributed by atoms with E-state index in [1.807, 2.05) is 85.8 Å². The fourth-order valence-corrected chi connectivity index (χ4v) is 3.61. The molecule has 0 bridgehead atoms. The molecule has 3 aromatic carbocycles. The van der Waals surface area contributed by atoms with Gasteiger partial charge in [-0.1, -0.05) is 36.4 Å². The van der Waals surface area contributed by atoms with E-state index in [1.165, 1.54) is 0 Å². The number of aromatic nitrogens is 2. The fourth-order valence-electron chi connectivity index (χ4n) is 3.61. The summed E-state index contributed by atoms with van der Waals surface area (Å²) in [6.07, 6.45) is 0. The van der Waals surface area contributed by atoms with Gasteiger partial charge in [0.15, 0.2) is 0 Å². The van der Waals surface area contributed by atoms with Crippen molar-refractivity contribution < 1.29 is 9.47 Å². The van der Waals surface area contributed by atoms with Gasteiger partial charge < -0.3 is 9.47 Å². The Hall–Kier alpha value is -4.06. The van der Waals surface area contributed by atoms with Gasteiger partial charge in [0.25, 0.3) is 5.56 Å². The predicted molar refractivity (Wildman–Crippen MR) is 127 cm³/mol. The second kappa shape index (κ2) is 9.39. The monoisotopic (exact) mass is 427 g/mol. The van der Waals surface area contributed by atoms with Gasteiger partial charge in [-0.15, -0.1) is 0 Å². The summed E-state index contributed by atoms with van der Waals surface area (Å²) in [7, 11) is 3.27. The molecule has 4 rings (SSSR count). The van der Waals surface area contributed by atoms with Crippen LogP contribution in [0.15, 0.2) is 88.6 Å². The summed E-state index contributed by atoms with van der Waals surface area (Å²) in [4.78, 5) is 18.2. The average Bonchev–Trinajstić information content (AvgIpc) is 3.20. The molecule has 6 nitrogen and oxygen atoms in total. The van der Waals surface area contributed by atoms with E-state index < -0.39 is 0 Å². The average molecular weight is 428 g/mol. The lowest BCUT2D eigenvalue weighted by molar-refractivity contribution is 0.410. The fraction of sp³-hybridized carbons (Fsp3) is 0.154. The first-order chi connectivity index (χ1) is 15.6. The van der Waals surface area contributed by atoms with Gasteiger partial charge in [-0.2, -0.15) is 0 Å². The van der Waals surface area contributed by atoms with Crippen LogP contribution < -0.4 is 15.0 Å². The molecule has 6 heteroatoms. The van der Waals surface area contributed by atoms with Crippen molar-refractivity contribution in [2.24, 2.45) is 4.99 Å². The van der Waals surface area contributed by atoms with Gasteiger partial charge in [-0.05, 0) is 49.4 Å². The molecular formula is C26H25N3O3.